The highest BCUT2D eigenvalue weighted by Crippen LogP contribution is 2.37. The van der Waals surface area contributed by atoms with Gasteiger partial charge in [-0.2, -0.15) is 0 Å². The highest BCUT2D eigenvalue weighted by atomic mass is 16.5. The Hall–Kier alpha value is -3.21. The molecule has 2 amide bonds. The minimum atomic E-state index is -0.417. The molecule has 2 aliphatic rings. The second kappa shape index (κ2) is 6.59. The highest BCUT2D eigenvalue weighted by molar-refractivity contribution is 6.13. The number of aryl methyl sites for hydroxylation is 1. The molecule has 0 saturated heterocycles. The summed E-state index contributed by atoms with van der Waals surface area (Å²) in [5.41, 5.74) is 3.25. The zero-order chi connectivity index (χ0) is 18.1. The smallest absolute Gasteiger partial charge is 0.338 e. The molecule has 130 valence electrons. The fourth-order valence-corrected chi connectivity index (χ4v) is 3.50. The molecule has 0 aromatic heterocycles. The number of carbonyl (C=O) groups is 3. The lowest BCUT2D eigenvalue weighted by Gasteiger charge is -2.23. The van der Waals surface area contributed by atoms with Gasteiger partial charge in [0.25, 0.3) is 11.8 Å². The van der Waals surface area contributed by atoms with Crippen LogP contribution in [-0.4, -0.2) is 22.7 Å². The van der Waals surface area contributed by atoms with E-state index in [4.69, 9.17) is 4.74 Å². The molecule has 1 aliphatic heterocycles. The average molecular weight is 347 g/mol. The minimum absolute atomic E-state index is 0.202. The molecule has 0 fully saturated rings. The normalized spacial score (nSPS) is 18.3. The van der Waals surface area contributed by atoms with E-state index in [1.807, 2.05) is 36.4 Å². The molecule has 5 heteroatoms. The van der Waals surface area contributed by atoms with Crippen LogP contribution in [0, 0.1) is 0 Å². The van der Waals surface area contributed by atoms with E-state index in [0.29, 0.717) is 12.0 Å². The average Bonchev–Trinajstić information content (AvgIpc) is 3.22. The third kappa shape index (κ3) is 2.92. The van der Waals surface area contributed by atoms with E-state index >= 15 is 0 Å². The lowest BCUT2D eigenvalue weighted by molar-refractivity contribution is -0.139. The molecule has 0 N–H and O–H groups in total. The third-order valence-corrected chi connectivity index (χ3v) is 4.80. The second-order valence-electron chi connectivity index (χ2n) is 6.41. The Bertz CT molecular complexity index is 899. The maximum absolute atomic E-state index is 12.4. The summed E-state index contributed by atoms with van der Waals surface area (Å²) in [5.74, 6) is -1.02. The van der Waals surface area contributed by atoms with E-state index in [2.05, 4.69) is 0 Å². The number of imide groups is 1. The fourth-order valence-electron chi connectivity index (χ4n) is 3.50. The maximum atomic E-state index is 12.4. The van der Waals surface area contributed by atoms with Crippen molar-refractivity contribution in [1.29, 1.82) is 0 Å². The van der Waals surface area contributed by atoms with E-state index in [9.17, 15) is 14.4 Å². The summed E-state index contributed by atoms with van der Waals surface area (Å²) in [4.78, 5) is 37.6. The highest BCUT2D eigenvalue weighted by Gasteiger charge is 2.36. The molecule has 1 atom stereocenters. The van der Waals surface area contributed by atoms with Gasteiger partial charge in [0.05, 0.1) is 11.6 Å². The van der Waals surface area contributed by atoms with Crippen molar-refractivity contribution in [2.45, 2.75) is 25.5 Å². The van der Waals surface area contributed by atoms with Gasteiger partial charge in [-0.15, -0.1) is 0 Å². The van der Waals surface area contributed by atoms with Crippen molar-refractivity contribution in [2.75, 3.05) is 0 Å². The van der Waals surface area contributed by atoms with Crippen LogP contribution in [0.3, 0.4) is 0 Å². The third-order valence-electron chi connectivity index (χ3n) is 4.80. The Kier molecular flexibility index (Phi) is 4.13. The van der Waals surface area contributed by atoms with Gasteiger partial charge in [0.1, 0.15) is 6.61 Å². The van der Waals surface area contributed by atoms with Crippen molar-refractivity contribution in [3.8, 4) is 0 Å². The number of fused-ring (bicyclic) bond motifs is 1. The van der Waals surface area contributed by atoms with Gasteiger partial charge in [0, 0.05) is 12.2 Å². The van der Waals surface area contributed by atoms with Crippen LogP contribution in [-0.2, 0) is 27.4 Å². The number of carbonyl (C=O) groups excluding carboxylic acids is 3. The number of rotatable bonds is 4. The topological polar surface area (TPSA) is 63.7 Å². The first-order valence-electron chi connectivity index (χ1n) is 8.52. The Morgan fingerprint density at radius 2 is 1.77 bits per heavy atom. The molecule has 1 heterocycles. The standard InChI is InChI=1S/C21H17NO4/c23-19-10-11-20(24)22(19)18-9-8-15-6-7-16(12-17(15)18)21(25)26-13-14-4-2-1-3-5-14/h1-7,10-12,18H,8-9,13H2/t18-/m0/s1. The van der Waals surface area contributed by atoms with Crippen molar-refractivity contribution >= 4 is 17.8 Å². The van der Waals surface area contributed by atoms with Crippen LogP contribution < -0.4 is 0 Å². The Labute approximate surface area is 150 Å². The summed E-state index contributed by atoms with van der Waals surface area (Å²) < 4.78 is 5.38. The number of ether oxygens (including phenoxy) is 1. The fraction of sp³-hybridized carbons (Fsp3) is 0.190. The number of amides is 2. The maximum Gasteiger partial charge on any atom is 0.338 e. The summed E-state index contributed by atoms with van der Waals surface area (Å²) in [5, 5.41) is 0. The lowest BCUT2D eigenvalue weighted by Crippen LogP contribution is -2.33. The van der Waals surface area contributed by atoms with Crippen molar-refractivity contribution in [1.82, 2.24) is 4.90 Å². The molecule has 0 spiro atoms. The zero-order valence-corrected chi connectivity index (χ0v) is 14.1. The van der Waals surface area contributed by atoms with Gasteiger partial charge in [-0.05, 0) is 41.7 Å². The van der Waals surface area contributed by atoms with Gasteiger partial charge >= 0.3 is 5.97 Å². The molecular formula is C21H17NO4. The van der Waals surface area contributed by atoms with Crippen LogP contribution in [0.2, 0.25) is 0 Å². The number of hydrogen-bond donors (Lipinski definition) is 0. The SMILES string of the molecule is O=C(OCc1ccccc1)c1ccc2c(c1)[C@@H](N1C(=O)C=CC1=O)CC2. The molecule has 0 saturated carbocycles. The quantitative estimate of drug-likeness (QED) is 0.630. The van der Waals surface area contributed by atoms with E-state index in [1.165, 1.54) is 17.1 Å². The van der Waals surface area contributed by atoms with Crippen LogP contribution in [0.5, 0.6) is 0 Å². The van der Waals surface area contributed by atoms with Crippen LogP contribution >= 0.6 is 0 Å². The van der Waals surface area contributed by atoms with Crippen molar-refractivity contribution in [3.63, 3.8) is 0 Å². The summed E-state index contributed by atoms with van der Waals surface area (Å²) >= 11 is 0. The largest absolute Gasteiger partial charge is 0.457 e. The molecule has 0 unspecified atom stereocenters. The summed E-state index contributed by atoms with van der Waals surface area (Å²) in [7, 11) is 0. The van der Waals surface area contributed by atoms with Crippen molar-refractivity contribution < 1.29 is 19.1 Å². The number of esters is 1. The van der Waals surface area contributed by atoms with Gasteiger partial charge in [-0.3, -0.25) is 14.5 Å². The van der Waals surface area contributed by atoms with E-state index in [1.54, 1.807) is 12.1 Å². The predicted octanol–water partition coefficient (Wildman–Crippen LogP) is 2.96. The molecule has 0 radical (unpaired) electrons. The molecule has 2 aromatic rings. The van der Waals surface area contributed by atoms with Gasteiger partial charge in [0.15, 0.2) is 0 Å². The Morgan fingerprint density at radius 1 is 1.04 bits per heavy atom. The van der Waals surface area contributed by atoms with Crippen molar-refractivity contribution in [3.05, 3.63) is 82.9 Å². The van der Waals surface area contributed by atoms with Gasteiger partial charge in [-0.25, -0.2) is 4.79 Å². The molecule has 26 heavy (non-hydrogen) atoms. The van der Waals surface area contributed by atoms with Crippen LogP contribution in [0.4, 0.5) is 0 Å². The zero-order valence-electron chi connectivity index (χ0n) is 14.1. The Morgan fingerprint density at radius 3 is 2.50 bits per heavy atom. The lowest BCUT2D eigenvalue weighted by atomic mass is 10.0. The summed E-state index contributed by atoms with van der Waals surface area (Å²) in [6.45, 7) is 0.202. The molecule has 1 aliphatic carbocycles. The van der Waals surface area contributed by atoms with E-state index < -0.39 is 5.97 Å². The van der Waals surface area contributed by atoms with Crippen molar-refractivity contribution in [2.24, 2.45) is 0 Å². The van der Waals surface area contributed by atoms with Crippen LogP contribution in [0.25, 0.3) is 0 Å². The monoisotopic (exact) mass is 347 g/mol. The first-order valence-corrected chi connectivity index (χ1v) is 8.52. The predicted molar refractivity (Wildman–Crippen MR) is 94.1 cm³/mol. The Balaban J connectivity index is 1.53. The van der Waals surface area contributed by atoms with Gasteiger partial charge < -0.3 is 4.74 Å². The van der Waals surface area contributed by atoms with Gasteiger partial charge in [-0.1, -0.05) is 36.4 Å². The molecule has 2 aromatic carbocycles. The summed E-state index contributed by atoms with van der Waals surface area (Å²) in [6.07, 6.45) is 4.03. The molecule has 4 rings (SSSR count). The summed E-state index contributed by atoms with van der Waals surface area (Å²) in [6, 6.07) is 14.5. The second-order valence-corrected chi connectivity index (χ2v) is 6.41. The first kappa shape index (κ1) is 16.3. The molecular weight excluding hydrogens is 330 g/mol. The van der Waals surface area contributed by atoms with Crippen LogP contribution in [0.1, 0.15) is 39.5 Å². The minimum Gasteiger partial charge on any atom is -0.457 e. The number of benzene rings is 2. The number of nitrogens with zero attached hydrogens (tertiary/aromatic N) is 1. The molecule has 0 bridgehead atoms. The van der Waals surface area contributed by atoms with E-state index in [-0.39, 0.29) is 24.5 Å². The van der Waals surface area contributed by atoms with Crippen LogP contribution in [0.15, 0.2) is 60.7 Å². The van der Waals surface area contributed by atoms with Gasteiger partial charge in [0.2, 0.25) is 0 Å². The van der Waals surface area contributed by atoms with E-state index in [0.717, 1.165) is 23.1 Å². The first-order chi connectivity index (χ1) is 12.6. The number of hydrogen-bond acceptors (Lipinski definition) is 4. The molecule has 5 nitrogen and oxygen atoms in total.